The van der Waals surface area contributed by atoms with Gasteiger partial charge >= 0.3 is 5.97 Å². The second-order valence-electron chi connectivity index (χ2n) is 3.89. The number of carbonyl (C=O) groups excluding carboxylic acids is 1. The van der Waals surface area contributed by atoms with Gasteiger partial charge in [-0.25, -0.2) is 4.79 Å². The minimum absolute atomic E-state index is 0.0190. The number of carbonyl (C=O) groups is 2. The summed E-state index contributed by atoms with van der Waals surface area (Å²) in [4.78, 5) is 21.0. The Morgan fingerprint density at radius 1 is 1.25 bits per heavy atom. The molecule has 0 aromatic carbocycles. The molecular weight excluding hydrogens is 206 g/mol. The van der Waals surface area contributed by atoms with Gasteiger partial charge in [-0.15, -0.1) is 0 Å². The number of hydrogen-bond donors (Lipinski definition) is 2. The molecule has 0 radical (unpaired) electrons. The first-order valence-electron chi connectivity index (χ1n) is 5.76. The van der Waals surface area contributed by atoms with E-state index in [1.54, 1.807) is 6.92 Å². The topological polar surface area (TPSA) is 66.4 Å². The Kier molecular flexibility index (Phi) is 8.21. The summed E-state index contributed by atoms with van der Waals surface area (Å²) in [5, 5.41) is 11.1. The van der Waals surface area contributed by atoms with Crippen LogP contribution in [0.2, 0.25) is 0 Å². The molecule has 4 nitrogen and oxygen atoms in total. The van der Waals surface area contributed by atoms with Crippen LogP contribution in [0, 0.1) is 0 Å². The number of amides is 1. The highest BCUT2D eigenvalue weighted by atomic mass is 16.4. The van der Waals surface area contributed by atoms with Gasteiger partial charge in [0.15, 0.2) is 0 Å². The molecule has 1 amide bonds. The summed E-state index contributed by atoms with van der Waals surface area (Å²) in [5.41, 5.74) is 0.751. The van der Waals surface area contributed by atoms with E-state index in [1.807, 2.05) is 0 Å². The molecule has 92 valence electrons. The van der Waals surface area contributed by atoms with Crippen molar-refractivity contribution in [2.45, 2.75) is 52.4 Å². The molecule has 0 unspecified atom stereocenters. The van der Waals surface area contributed by atoms with Crippen LogP contribution in [0.5, 0.6) is 0 Å². The molecule has 2 N–H and O–H groups in total. The number of aliphatic carboxylic acids is 1. The first kappa shape index (κ1) is 14.7. The van der Waals surface area contributed by atoms with E-state index in [0.29, 0.717) is 6.41 Å². The van der Waals surface area contributed by atoms with Crippen LogP contribution < -0.4 is 5.32 Å². The van der Waals surface area contributed by atoms with Gasteiger partial charge in [0.05, 0.1) is 0 Å². The first-order valence-corrected chi connectivity index (χ1v) is 5.76. The van der Waals surface area contributed by atoms with Gasteiger partial charge in [-0.05, 0) is 25.3 Å². The maximum atomic E-state index is 10.8. The van der Waals surface area contributed by atoms with Crippen LogP contribution in [-0.4, -0.2) is 17.5 Å². The predicted molar refractivity (Wildman–Crippen MR) is 62.9 cm³/mol. The van der Waals surface area contributed by atoms with Crippen molar-refractivity contribution in [3.63, 3.8) is 0 Å². The van der Waals surface area contributed by atoms with Crippen molar-refractivity contribution < 1.29 is 14.7 Å². The normalized spacial score (nSPS) is 11.9. The lowest BCUT2D eigenvalue weighted by atomic mass is 10.1. The lowest BCUT2D eigenvalue weighted by molar-refractivity contribution is -0.133. The predicted octanol–water partition coefficient (Wildman–Crippen LogP) is 2.45. The van der Waals surface area contributed by atoms with Gasteiger partial charge in [0.1, 0.15) is 5.70 Å². The maximum absolute atomic E-state index is 10.8. The molecule has 0 atom stereocenters. The SMILES string of the molecule is CCCCCCC/C(C)=C(/NC=O)C(=O)O. The van der Waals surface area contributed by atoms with Crippen LogP contribution in [0.15, 0.2) is 11.3 Å². The molecule has 4 heteroatoms. The fraction of sp³-hybridized carbons (Fsp3) is 0.667. The number of nitrogens with one attached hydrogen (secondary N) is 1. The Morgan fingerprint density at radius 3 is 2.38 bits per heavy atom. The lowest BCUT2D eigenvalue weighted by Crippen LogP contribution is -2.20. The van der Waals surface area contributed by atoms with Gasteiger partial charge in [-0.1, -0.05) is 32.6 Å². The van der Waals surface area contributed by atoms with Crippen LogP contribution in [0.3, 0.4) is 0 Å². The maximum Gasteiger partial charge on any atom is 0.352 e. The van der Waals surface area contributed by atoms with E-state index in [2.05, 4.69) is 12.2 Å². The number of rotatable bonds is 9. The monoisotopic (exact) mass is 227 g/mol. The van der Waals surface area contributed by atoms with Crippen molar-refractivity contribution in [1.82, 2.24) is 5.32 Å². The number of unbranched alkanes of at least 4 members (excludes halogenated alkanes) is 4. The summed E-state index contributed by atoms with van der Waals surface area (Å²) in [6.45, 7) is 3.90. The minimum atomic E-state index is -1.07. The zero-order valence-corrected chi connectivity index (χ0v) is 10.1. The van der Waals surface area contributed by atoms with E-state index in [4.69, 9.17) is 5.11 Å². The van der Waals surface area contributed by atoms with Gasteiger partial charge in [0.25, 0.3) is 0 Å². The number of hydrogen-bond acceptors (Lipinski definition) is 2. The molecule has 0 heterocycles. The number of carboxylic acid groups (broad SMARTS) is 1. The van der Waals surface area contributed by atoms with Crippen LogP contribution >= 0.6 is 0 Å². The summed E-state index contributed by atoms with van der Waals surface area (Å²) in [7, 11) is 0. The quantitative estimate of drug-likeness (QED) is 0.361. The van der Waals surface area contributed by atoms with E-state index in [0.717, 1.165) is 24.8 Å². The molecule has 0 saturated heterocycles. The Morgan fingerprint density at radius 2 is 1.88 bits per heavy atom. The molecule has 0 aliphatic rings. The third-order valence-electron chi connectivity index (χ3n) is 2.50. The molecule has 16 heavy (non-hydrogen) atoms. The Hall–Kier alpha value is -1.32. The zero-order chi connectivity index (χ0) is 12.4. The van der Waals surface area contributed by atoms with E-state index in [1.165, 1.54) is 19.3 Å². The molecule has 0 aliphatic heterocycles. The fourth-order valence-corrected chi connectivity index (χ4v) is 1.55. The average Bonchev–Trinajstić information content (AvgIpc) is 2.24. The Bertz CT molecular complexity index is 259. The van der Waals surface area contributed by atoms with E-state index in [9.17, 15) is 9.59 Å². The van der Waals surface area contributed by atoms with Crippen molar-refractivity contribution in [3.8, 4) is 0 Å². The number of allylic oxidation sites excluding steroid dienone is 1. The molecule has 0 fully saturated rings. The molecule has 0 spiro atoms. The third kappa shape index (κ3) is 6.22. The van der Waals surface area contributed by atoms with Gasteiger partial charge in [0.2, 0.25) is 6.41 Å². The molecule has 0 rings (SSSR count). The van der Waals surface area contributed by atoms with Crippen molar-refractivity contribution in [1.29, 1.82) is 0 Å². The van der Waals surface area contributed by atoms with Crippen LogP contribution in [-0.2, 0) is 9.59 Å². The largest absolute Gasteiger partial charge is 0.477 e. The summed E-state index contributed by atoms with van der Waals surface area (Å²) in [5.74, 6) is -1.07. The van der Waals surface area contributed by atoms with Gasteiger partial charge in [-0.3, -0.25) is 4.79 Å². The van der Waals surface area contributed by atoms with E-state index >= 15 is 0 Å². The molecule has 0 aliphatic carbocycles. The van der Waals surface area contributed by atoms with E-state index in [-0.39, 0.29) is 5.70 Å². The molecule has 0 bridgehead atoms. The third-order valence-corrected chi connectivity index (χ3v) is 2.50. The second kappa shape index (κ2) is 8.95. The molecule has 0 aromatic rings. The van der Waals surface area contributed by atoms with Crippen molar-refractivity contribution in [3.05, 3.63) is 11.3 Å². The van der Waals surface area contributed by atoms with Crippen LogP contribution in [0.1, 0.15) is 52.4 Å². The van der Waals surface area contributed by atoms with Gasteiger partial charge in [-0.2, -0.15) is 0 Å². The summed E-state index contributed by atoms with van der Waals surface area (Å²) in [6.07, 6.45) is 6.83. The standard InChI is InChI=1S/C12H21NO3/c1-3-4-5-6-7-8-10(2)11(12(15)16)13-9-14/h9H,3-8H2,1-2H3,(H,13,14)(H,15,16)/b11-10+. The summed E-state index contributed by atoms with van der Waals surface area (Å²) >= 11 is 0. The Balaban J connectivity index is 4.06. The highest BCUT2D eigenvalue weighted by molar-refractivity contribution is 5.89. The first-order chi connectivity index (χ1) is 7.63. The van der Waals surface area contributed by atoms with Gasteiger partial charge in [0, 0.05) is 0 Å². The Labute approximate surface area is 96.7 Å². The highest BCUT2D eigenvalue weighted by Crippen LogP contribution is 2.13. The van der Waals surface area contributed by atoms with Crippen molar-refractivity contribution in [2.75, 3.05) is 0 Å². The lowest BCUT2D eigenvalue weighted by Gasteiger charge is -2.06. The minimum Gasteiger partial charge on any atom is -0.477 e. The molecule has 0 aromatic heterocycles. The molecule has 0 saturated carbocycles. The van der Waals surface area contributed by atoms with Crippen LogP contribution in [0.4, 0.5) is 0 Å². The van der Waals surface area contributed by atoms with Crippen LogP contribution in [0.25, 0.3) is 0 Å². The fourth-order valence-electron chi connectivity index (χ4n) is 1.55. The summed E-state index contributed by atoms with van der Waals surface area (Å²) in [6, 6.07) is 0. The second-order valence-corrected chi connectivity index (χ2v) is 3.89. The zero-order valence-electron chi connectivity index (χ0n) is 10.1. The summed E-state index contributed by atoms with van der Waals surface area (Å²) < 4.78 is 0. The van der Waals surface area contributed by atoms with Gasteiger partial charge < -0.3 is 10.4 Å². The number of carboxylic acids is 1. The highest BCUT2D eigenvalue weighted by Gasteiger charge is 2.09. The van der Waals surface area contributed by atoms with Crippen molar-refractivity contribution >= 4 is 12.4 Å². The average molecular weight is 227 g/mol. The smallest absolute Gasteiger partial charge is 0.352 e. The van der Waals surface area contributed by atoms with E-state index < -0.39 is 5.97 Å². The van der Waals surface area contributed by atoms with Crippen molar-refractivity contribution in [2.24, 2.45) is 0 Å². The molecular formula is C12H21NO3.